The Hall–Kier alpha value is -0.760. The Morgan fingerprint density at radius 3 is 2.57 bits per heavy atom. The Morgan fingerprint density at radius 1 is 1.36 bits per heavy atom. The second-order valence-corrected chi connectivity index (χ2v) is 4.26. The van der Waals surface area contributed by atoms with Crippen LogP contribution in [0.25, 0.3) is 0 Å². The maximum absolute atomic E-state index is 5.82. The highest BCUT2D eigenvalue weighted by Gasteiger charge is 2.03. The van der Waals surface area contributed by atoms with Gasteiger partial charge in [0.2, 0.25) is 0 Å². The van der Waals surface area contributed by atoms with E-state index < -0.39 is 0 Å². The van der Waals surface area contributed by atoms with Gasteiger partial charge in [-0.1, -0.05) is 34.1 Å². The number of aryl methyl sites for hydroxylation is 2. The monoisotopic (exact) mass is 253 g/mol. The molecular weight excluding hydrogens is 238 g/mol. The van der Waals surface area contributed by atoms with Gasteiger partial charge in [-0.15, -0.1) is 0 Å². The second kappa shape index (κ2) is 4.65. The molecule has 1 nitrogen and oxygen atoms in total. The van der Waals surface area contributed by atoms with E-state index in [4.69, 9.17) is 5.73 Å². The number of anilines is 1. The fourth-order valence-corrected chi connectivity index (χ4v) is 1.60. The van der Waals surface area contributed by atoms with Gasteiger partial charge in [-0.25, -0.2) is 0 Å². The smallest absolute Gasteiger partial charge is 0.0346 e. The van der Waals surface area contributed by atoms with Gasteiger partial charge in [0.15, 0.2) is 0 Å². The van der Waals surface area contributed by atoms with Crippen LogP contribution in [-0.2, 0) is 6.42 Å². The number of hydrogen-bond donors (Lipinski definition) is 1. The van der Waals surface area contributed by atoms with Crippen LogP contribution >= 0.6 is 15.9 Å². The number of hydrogen-bond acceptors (Lipinski definition) is 1. The minimum atomic E-state index is 0.857. The van der Waals surface area contributed by atoms with Gasteiger partial charge in [0, 0.05) is 11.0 Å². The normalized spacial score (nSPS) is 10.2. The molecule has 0 unspecified atom stereocenters. The van der Waals surface area contributed by atoms with Crippen LogP contribution in [0.2, 0.25) is 0 Å². The molecule has 1 aromatic carbocycles. The van der Waals surface area contributed by atoms with E-state index in [-0.39, 0.29) is 0 Å². The molecule has 0 saturated carbocycles. The Balaban J connectivity index is 2.98. The summed E-state index contributed by atoms with van der Waals surface area (Å²) >= 11 is 3.41. The number of rotatable bonds is 3. The Labute approximate surface area is 94.1 Å². The second-order valence-electron chi connectivity index (χ2n) is 3.70. The highest BCUT2D eigenvalue weighted by atomic mass is 79.9. The van der Waals surface area contributed by atoms with Crippen molar-refractivity contribution < 1.29 is 0 Å². The predicted octanol–water partition coefficient (Wildman–Crippen LogP) is 3.38. The topological polar surface area (TPSA) is 26.0 Å². The lowest BCUT2D eigenvalue weighted by Crippen LogP contribution is -1.98. The van der Waals surface area contributed by atoms with Crippen molar-refractivity contribution in [3.8, 4) is 0 Å². The van der Waals surface area contributed by atoms with Crippen molar-refractivity contribution in [2.24, 2.45) is 0 Å². The zero-order valence-electron chi connectivity index (χ0n) is 8.73. The first-order chi connectivity index (χ1) is 6.54. The lowest BCUT2D eigenvalue weighted by molar-refractivity contribution is 1.13. The quantitative estimate of drug-likeness (QED) is 0.499. The number of nitrogens with two attached hydrogens (primary N) is 1. The molecule has 76 valence electrons. The summed E-state index contributed by atoms with van der Waals surface area (Å²) < 4.78 is 0. The molecule has 0 bridgehead atoms. The molecule has 0 aliphatic rings. The van der Waals surface area contributed by atoms with Crippen LogP contribution in [0.5, 0.6) is 0 Å². The molecule has 0 radical (unpaired) electrons. The summed E-state index contributed by atoms with van der Waals surface area (Å²) in [5.41, 5.74) is 11.6. The van der Waals surface area contributed by atoms with Gasteiger partial charge in [-0.3, -0.25) is 0 Å². The average molecular weight is 254 g/mol. The Bertz CT molecular complexity index is 356. The summed E-state index contributed by atoms with van der Waals surface area (Å²) in [5.74, 6) is 0. The van der Waals surface area contributed by atoms with Crippen LogP contribution in [-0.4, -0.2) is 5.33 Å². The summed E-state index contributed by atoms with van der Waals surface area (Å²) in [6, 6.07) is 4.19. The molecule has 0 spiro atoms. The molecule has 0 heterocycles. The van der Waals surface area contributed by atoms with Crippen molar-refractivity contribution in [2.75, 3.05) is 11.1 Å². The van der Waals surface area contributed by atoms with Crippen LogP contribution in [0.15, 0.2) is 24.3 Å². The Kier molecular flexibility index (Phi) is 3.76. The van der Waals surface area contributed by atoms with Crippen molar-refractivity contribution in [1.29, 1.82) is 0 Å². The van der Waals surface area contributed by atoms with E-state index in [1.807, 2.05) is 13.0 Å². The van der Waals surface area contributed by atoms with E-state index in [0.717, 1.165) is 23.0 Å². The maximum Gasteiger partial charge on any atom is 0.0346 e. The van der Waals surface area contributed by atoms with Crippen LogP contribution < -0.4 is 5.73 Å². The third-order valence-corrected chi connectivity index (χ3v) is 3.15. The maximum atomic E-state index is 5.82. The van der Waals surface area contributed by atoms with Crippen molar-refractivity contribution in [3.63, 3.8) is 0 Å². The van der Waals surface area contributed by atoms with Crippen molar-refractivity contribution in [2.45, 2.75) is 20.3 Å². The zero-order valence-corrected chi connectivity index (χ0v) is 10.3. The number of nitrogen functional groups attached to an aromatic ring is 1. The van der Waals surface area contributed by atoms with Crippen LogP contribution in [0.1, 0.15) is 16.7 Å². The van der Waals surface area contributed by atoms with Gasteiger partial charge < -0.3 is 5.73 Å². The van der Waals surface area contributed by atoms with Crippen molar-refractivity contribution in [1.82, 2.24) is 0 Å². The highest BCUT2D eigenvalue weighted by molar-refractivity contribution is 9.09. The Morgan fingerprint density at radius 2 is 2.00 bits per heavy atom. The minimum Gasteiger partial charge on any atom is -0.399 e. The average Bonchev–Trinajstić information content (AvgIpc) is 2.14. The molecule has 1 rings (SSSR count). The van der Waals surface area contributed by atoms with E-state index in [1.165, 1.54) is 16.7 Å². The molecule has 2 heteroatoms. The summed E-state index contributed by atoms with van der Waals surface area (Å²) in [4.78, 5) is 0. The first-order valence-electron chi connectivity index (χ1n) is 4.62. The third kappa shape index (κ3) is 2.61. The van der Waals surface area contributed by atoms with Crippen LogP contribution in [0, 0.1) is 13.8 Å². The van der Waals surface area contributed by atoms with Crippen LogP contribution in [0.3, 0.4) is 0 Å². The molecule has 1 aromatic rings. The fourth-order valence-electron chi connectivity index (χ4n) is 1.41. The standard InChI is InChI=1S/C12H16BrN/c1-8(7-13)4-11-5-10(3)12(14)6-9(11)2/h5-6H,1,4,7,14H2,2-3H3. The van der Waals surface area contributed by atoms with Gasteiger partial charge in [0.05, 0.1) is 0 Å². The molecule has 0 atom stereocenters. The summed E-state index contributed by atoms with van der Waals surface area (Å²) in [6.07, 6.45) is 0.929. The first kappa shape index (κ1) is 11.3. The summed E-state index contributed by atoms with van der Waals surface area (Å²) in [6.45, 7) is 8.11. The zero-order chi connectivity index (χ0) is 10.7. The van der Waals surface area contributed by atoms with E-state index in [0.29, 0.717) is 0 Å². The molecule has 0 aliphatic heterocycles. The lowest BCUT2D eigenvalue weighted by atomic mass is 9.99. The largest absolute Gasteiger partial charge is 0.399 e. The number of benzene rings is 1. The molecule has 0 aromatic heterocycles. The first-order valence-corrected chi connectivity index (χ1v) is 5.75. The molecular formula is C12H16BrN. The number of alkyl halides is 1. The van der Waals surface area contributed by atoms with Crippen molar-refractivity contribution >= 4 is 21.6 Å². The van der Waals surface area contributed by atoms with Gasteiger partial charge in [0.1, 0.15) is 0 Å². The van der Waals surface area contributed by atoms with Gasteiger partial charge >= 0.3 is 0 Å². The number of halogens is 1. The molecule has 14 heavy (non-hydrogen) atoms. The van der Waals surface area contributed by atoms with Gasteiger partial charge in [0.25, 0.3) is 0 Å². The minimum absolute atomic E-state index is 0.857. The van der Waals surface area contributed by atoms with E-state index in [2.05, 4.69) is 35.5 Å². The molecule has 0 aliphatic carbocycles. The molecule has 0 saturated heterocycles. The highest BCUT2D eigenvalue weighted by Crippen LogP contribution is 2.20. The molecule has 0 fully saturated rings. The van der Waals surface area contributed by atoms with Gasteiger partial charge in [-0.2, -0.15) is 0 Å². The molecule has 2 N–H and O–H groups in total. The fraction of sp³-hybridized carbons (Fsp3) is 0.333. The van der Waals surface area contributed by atoms with E-state index >= 15 is 0 Å². The summed E-state index contributed by atoms with van der Waals surface area (Å²) in [5, 5.41) is 0.857. The number of allylic oxidation sites excluding steroid dienone is 1. The van der Waals surface area contributed by atoms with E-state index in [1.54, 1.807) is 0 Å². The van der Waals surface area contributed by atoms with Gasteiger partial charge in [-0.05, 0) is 43.0 Å². The summed E-state index contributed by atoms with van der Waals surface area (Å²) in [7, 11) is 0. The van der Waals surface area contributed by atoms with Crippen LogP contribution in [0.4, 0.5) is 5.69 Å². The molecule has 0 amide bonds. The lowest BCUT2D eigenvalue weighted by Gasteiger charge is -2.10. The SMILES string of the molecule is C=C(CBr)Cc1cc(C)c(N)cc1C. The van der Waals surface area contributed by atoms with E-state index in [9.17, 15) is 0 Å². The van der Waals surface area contributed by atoms with Crippen molar-refractivity contribution in [3.05, 3.63) is 41.0 Å². The third-order valence-electron chi connectivity index (χ3n) is 2.35. The predicted molar refractivity (Wildman–Crippen MR) is 67.0 cm³/mol.